The number of rotatable bonds is 5. The molecule has 30 heavy (non-hydrogen) atoms. The summed E-state index contributed by atoms with van der Waals surface area (Å²) in [7, 11) is 0. The Balaban J connectivity index is 1.54. The van der Waals surface area contributed by atoms with E-state index in [0.29, 0.717) is 17.1 Å². The van der Waals surface area contributed by atoms with E-state index in [9.17, 15) is 27.9 Å². The number of anilines is 1. The van der Waals surface area contributed by atoms with E-state index in [1.54, 1.807) is 18.2 Å². The fourth-order valence-corrected chi connectivity index (χ4v) is 2.59. The van der Waals surface area contributed by atoms with E-state index in [1.165, 1.54) is 6.92 Å². The average Bonchev–Trinajstić information content (AvgIpc) is 3.14. The lowest BCUT2D eigenvalue weighted by Crippen LogP contribution is -2.43. The van der Waals surface area contributed by atoms with E-state index < -0.39 is 29.5 Å². The molecule has 0 saturated carbocycles. The van der Waals surface area contributed by atoms with E-state index in [4.69, 9.17) is 9.47 Å². The van der Waals surface area contributed by atoms with E-state index in [1.807, 2.05) is 0 Å². The van der Waals surface area contributed by atoms with Gasteiger partial charge < -0.3 is 30.0 Å². The highest BCUT2D eigenvalue weighted by Gasteiger charge is 2.31. The van der Waals surface area contributed by atoms with Crippen LogP contribution in [-0.4, -0.2) is 36.6 Å². The lowest BCUT2D eigenvalue weighted by Gasteiger charge is -2.24. The molecule has 0 radical (unpaired) electrons. The second-order valence-electron chi connectivity index (χ2n) is 6.55. The molecule has 1 aliphatic rings. The number of carbonyl (C=O) groups is 2. The van der Waals surface area contributed by atoms with Crippen molar-refractivity contribution in [2.24, 2.45) is 0 Å². The van der Waals surface area contributed by atoms with Crippen molar-refractivity contribution in [2.75, 3.05) is 18.7 Å². The maximum atomic E-state index is 12.1. The predicted molar refractivity (Wildman–Crippen MR) is 96.9 cm³/mol. The highest BCUT2D eigenvalue weighted by Crippen LogP contribution is 2.35. The van der Waals surface area contributed by atoms with Gasteiger partial charge in [-0.05, 0) is 48.9 Å². The van der Waals surface area contributed by atoms with Crippen LogP contribution in [0.4, 0.5) is 18.9 Å². The van der Waals surface area contributed by atoms with Crippen LogP contribution >= 0.6 is 0 Å². The summed E-state index contributed by atoms with van der Waals surface area (Å²) in [5.41, 5.74) is -0.979. The number of amides is 2. The maximum absolute atomic E-state index is 12.1. The molecule has 0 saturated heterocycles. The summed E-state index contributed by atoms with van der Waals surface area (Å²) in [4.78, 5) is 24.0. The van der Waals surface area contributed by atoms with Crippen LogP contribution in [0.5, 0.6) is 17.2 Å². The Labute approximate surface area is 168 Å². The Morgan fingerprint density at radius 2 is 1.73 bits per heavy atom. The van der Waals surface area contributed by atoms with Crippen LogP contribution in [0.25, 0.3) is 0 Å². The molecule has 2 aromatic rings. The molecule has 1 atom stereocenters. The second-order valence-corrected chi connectivity index (χ2v) is 6.55. The van der Waals surface area contributed by atoms with Crippen molar-refractivity contribution in [3.63, 3.8) is 0 Å². The third kappa shape index (κ3) is 5.32. The lowest BCUT2D eigenvalue weighted by atomic mass is 9.95. The molecule has 1 heterocycles. The molecule has 0 bridgehead atoms. The summed E-state index contributed by atoms with van der Waals surface area (Å²) in [5.74, 6) is -1.57. The number of nitrogens with one attached hydrogen (secondary N) is 2. The van der Waals surface area contributed by atoms with Crippen LogP contribution in [0.1, 0.15) is 12.5 Å². The van der Waals surface area contributed by atoms with Gasteiger partial charge in [0.1, 0.15) is 11.4 Å². The van der Waals surface area contributed by atoms with Crippen molar-refractivity contribution in [1.29, 1.82) is 0 Å². The topological polar surface area (TPSA) is 106 Å². The third-order valence-electron chi connectivity index (χ3n) is 4.14. The summed E-state index contributed by atoms with van der Waals surface area (Å²) >= 11 is 0. The van der Waals surface area contributed by atoms with Gasteiger partial charge in [0.05, 0.1) is 6.54 Å². The van der Waals surface area contributed by atoms with Gasteiger partial charge in [-0.3, -0.25) is 9.59 Å². The zero-order valence-corrected chi connectivity index (χ0v) is 15.6. The third-order valence-corrected chi connectivity index (χ3v) is 4.14. The molecule has 8 nitrogen and oxygen atoms in total. The largest absolute Gasteiger partial charge is 0.573 e. The predicted octanol–water partition coefficient (Wildman–Crippen LogP) is 2.28. The normalized spacial score (nSPS) is 14.6. The number of benzene rings is 2. The Bertz CT molecular complexity index is 944. The first-order valence-electron chi connectivity index (χ1n) is 8.61. The first-order valence-corrected chi connectivity index (χ1v) is 8.61. The number of ether oxygens (including phenoxy) is 3. The van der Waals surface area contributed by atoms with Crippen molar-refractivity contribution in [3.05, 3.63) is 48.0 Å². The molecule has 2 aromatic carbocycles. The van der Waals surface area contributed by atoms with E-state index in [-0.39, 0.29) is 19.0 Å². The minimum absolute atomic E-state index is 0.0706. The Morgan fingerprint density at radius 1 is 1.07 bits per heavy atom. The Hall–Kier alpha value is -3.47. The number of carbonyl (C=O) groups excluding carboxylic acids is 2. The van der Waals surface area contributed by atoms with Gasteiger partial charge >= 0.3 is 18.2 Å². The molecule has 11 heteroatoms. The molecule has 0 aliphatic carbocycles. The van der Waals surface area contributed by atoms with Gasteiger partial charge in [-0.1, -0.05) is 6.07 Å². The van der Waals surface area contributed by atoms with Gasteiger partial charge in [-0.15, -0.1) is 13.2 Å². The molecular formula is C19H17F3N2O6. The molecule has 2 amide bonds. The number of alkyl halides is 3. The molecule has 1 aliphatic heterocycles. The van der Waals surface area contributed by atoms with Crippen molar-refractivity contribution in [1.82, 2.24) is 5.32 Å². The number of hydrogen-bond acceptors (Lipinski definition) is 6. The number of fused-ring (bicyclic) bond motifs is 1. The van der Waals surface area contributed by atoms with Crippen molar-refractivity contribution in [3.8, 4) is 17.2 Å². The van der Waals surface area contributed by atoms with Crippen LogP contribution < -0.4 is 24.8 Å². The SMILES string of the molecule is C[C@](O)(CNC(=O)C(=O)Nc1ccc(OC(F)(F)F)cc1)c1ccc2c(c1)OCO2. The number of halogens is 3. The number of aliphatic hydroxyl groups is 1. The minimum atomic E-state index is -4.83. The molecular weight excluding hydrogens is 409 g/mol. The molecule has 0 fully saturated rings. The molecule has 0 spiro atoms. The monoisotopic (exact) mass is 426 g/mol. The van der Waals surface area contributed by atoms with Crippen LogP contribution in [0, 0.1) is 0 Å². The van der Waals surface area contributed by atoms with Crippen LogP contribution in [0.15, 0.2) is 42.5 Å². The fourth-order valence-electron chi connectivity index (χ4n) is 2.59. The highest BCUT2D eigenvalue weighted by molar-refractivity contribution is 6.39. The van der Waals surface area contributed by atoms with E-state index in [0.717, 1.165) is 24.3 Å². The van der Waals surface area contributed by atoms with Gasteiger partial charge in [0, 0.05) is 5.69 Å². The molecule has 0 unspecified atom stereocenters. The lowest BCUT2D eigenvalue weighted by molar-refractivity contribution is -0.274. The summed E-state index contributed by atoms with van der Waals surface area (Å²) in [6.07, 6.45) is -4.83. The second kappa shape index (κ2) is 8.11. The van der Waals surface area contributed by atoms with Gasteiger partial charge in [0.2, 0.25) is 6.79 Å². The maximum Gasteiger partial charge on any atom is 0.573 e. The zero-order chi connectivity index (χ0) is 21.9. The minimum Gasteiger partial charge on any atom is -0.454 e. The zero-order valence-electron chi connectivity index (χ0n) is 15.6. The van der Waals surface area contributed by atoms with Gasteiger partial charge in [-0.25, -0.2) is 0 Å². The van der Waals surface area contributed by atoms with Crippen molar-refractivity contribution < 1.29 is 42.1 Å². The Kier molecular flexibility index (Phi) is 5.74. The molecule has 3 N–H and O–H groups in total. The highest BCUT2D eigenvalue weighted by atomic mass is 19.4. The quantitative estimate of drug-likeness (QED) is 0.634. The van der Waals surface area contributed by atoms with Gasteiger partial charge in [0.15, 0.2) is 11.5 Å². The van der Waals surface area contributed by atoms with Crippen LogP contribution in [-0.2, 0) is 15.2 Å². The van der Waals surface area contributed by atoms with Crippen molar-refractivity contribution >= 4 is 17.5 Å². The molecule has 3 rings (SSSR count). The number of hydrogen-bond donors (Lipinski definition) is 3. The fraction of sp³-hybridized carbons (Fsp3) is 0.263. The molecule has 160 valence electrons. The standard InChI is InChI=1S/C19H17F3N2O6/c1-18(27,11-2-7-14-15(8-11)29-10-28-14)9-23-16(25)17(26)24-12-3-5-13(6-4-12)30-19(20,21)22/h2-8,27H,9-10H2,1H3,(H,23,25)(H,24,26)/t18-/m0/s1. The summed E-state index contributed by atoms with van der Waals surface area (Å²) < 4.78 is 50.6. The summed E-state index contributed by atoms with van der Waals surface area (Å²) in [5, 5.41) is 15.2. The van der Waals surface area contributed by atoms with Gasteiger partial charge in [0.25, 0.3) is 0 Å². The van der Waals surface area contributed by atoms with E-state index >= 15 is 0 Å². The average molecular weight is 426 g/mol. The van der Waals surface area contributed by atoms with Gasteiger partial charge in [-0.2, -0.15) is 0 Å². The smallest absolute Gasteiger partial charge is 0.454 e. The molecule has 0 aromatic heterocycles. The van der Waals surface area contributed by atoms with Crippen LogP contribution in [0.3, 0.4) is 0 Å². The Morgan fingerprint density at radius 3 is 2.40 bits per heavy atom. The summed E-state index contributed by atoms with van der Waals surface area (Å²) in [6, 6.07) is 9.07. The summed E-state index contributed by atoms with van der Waals surface area (Å²) in [6.45, 7) is 1.24. The first kappa shape index (κ1) is 21.2. The van der Waals surface area contributed by atoms with E-state index in [2.05, 4.69) is 15.4 Å². The first-order chi connectivity index (χ1) is 14.0. The van der Waals surface area contributed by atoms with Crippen molar-refractivity contribution in [2.45, 2.75) is 18.9 Å². The van der Waals surface area contributed by atoms with Crippen LogP contribution in [0.2, 0.25) is 0 Å².